The van der Waals surface area contributed by atoms with Crippen molar-refractivity contribution in [3.8, 4) is 0 Å². The zero-order valence-corrected chi connectivity index (χ0v) is 19.8. The average molecular weight is 467 g/mol. The SMILES string of the molecule is CNC(=O)[C@@H]1[C@H]2C(=O)N(CCCCCO)C(C(=O)NCCN3CCOCC3)C23CC[C@@]1(C)O3. The molecule has 4 heterocycles. The Bertz CT molecular complexity index is 759. The van der Waals surface area contributed by atoms with Crippen molar-refractivity contribution >= 4 is 17.7 Å². The lowest BCUT2D eigenvalue weighted by Crippen LogP contribution is -2.56. The highest BCUT2D eigenvalue weighted by molar-refractivity contribution is 5.99. The Balaban J connectivity index is 1.53. The van der Waals surface area contributed by atoms with Gasteiger partial charge in [0.05, 0.1) is 30.7 Å². The van der Waals surface area contributed by atoms with Crippen LogP contribution in [0.25, 0.3) is 0 Å². The third kappa shape index (κ3) is 4.26. The first kappa shape index (κ1) is 24.4. The van der Waals surface area contributed by atoms with Gasteiger partial charge < -0.3 is 30.1 Å². The summed E-state index contributed by atoms with van der Waals surface area (Å²) in [5, 5.41) is 14.9. The molecule has 0 aliphatic carbocycles. The summed E-state index contributed by atoms with van der Waals surface area (Å²) in [6.07, 6.45) is 3.34. The topological polar surface area (TPSA) is 120 Å². The standard InChI is InChI=1S/C23H38N4O6/c1-22-6-7-23(33-22)17(16(22)19(29)24-2)21(31)27(9-4-3-5-13-28)18(23)20(30)25-8-10-26-11-14-32-15-12-26/h16-18,28H,3-15H2,1-2H3,(H,24,29)(H,25,30)/t16-,17-,18?,22+,23?/m0/s1. The number of nitrogens with one attached hydrogen (secondary N) is 2. The number of hydrogen-bond acceptors (Lipinski definition) is 7. The van der Waals surface area contributed by atoms with Crippen LogP contribution in [0.3, 0.4) is 0 Å². The number of morpholine rings is 1. The highest BCUT2D eigenvalue weighted by Crippen LogP contribution is 2.63. The molecule has 0 aromatic heterocycles. The molecule has 4 rings (SSSR count). The molecule has 4 saturated heterocycles. The van der Waals surface area contributed by atoms with Crippen molar-refractivity contribution < 1.29 is 29.0 Å². The first-order valence-electron chi connectivity index (χ1n) is 12.3. The number of carbonyl (C=O) groups excluding carboxylic acids is 3. The Morgan fingerprint density at radius 3 is 2.58 bits per heavy atom. The Labute approximate surface area is 195 Å². The van der Waals surface area contributed by atoms with Gasteiger partial charge in [-0.15, -0.1) is 0 Å². The van der Waals surface area contributed by atoms with Gasteiger partial charge in [0.15, 0.2) is 0 Å². The smallest absolute Gasteiger partial charge is 0.245 e. The Morgan fingerprint density at radius 2 is 1.88 bits per heavy atom. The Kier molecular flexibility index (Phi) is 7.28. The van der Waals surface area contributed by atoms with E-state index in [0.717, 1.165) is 26.1 Å². The number of nitrogens with zero attached hydrogens (tertiary/aromatic N) is 2. The van der Waals surface area contributed by atoms with E-state index in [4.69, 9.17) is 14.6 Å². The third-order valence-electron chi connectivity index (χ3n) is 7.94. The molecule has 4 aliphatic rings. The molecule has 186 valence electrons. The maximum Gasteiger partial charge on any atom is 0.245 e. The molecule has 0 aromatic carbocycles. The first-order chi connectivity index (χ1) is 15.9. The second kappa shape index (κ2) is 9.85. The van der Waals surface area contributed by atoms with Gasteiger partial charge in [0.1, 0.15) is 11.6 Å². The summed E-state index contributed by atoms with van der Waals surface area (Å²) in [5.41, 5.74) is -1.71. The average Bonchev–Trinajstić information content (AvgIpc) is 3.38. The summed E-state index contributed by atoms with van der Waals surface area (Å²) in [6, 6.07) is -0.745. The molecule has 33 heavy (non-hydrogen) atoms. The summed E-state index contributed by atoms with van der Waals surface area (Å²) in [6.45, 7) is 6.71. The predicted molar refractivity (Wildman–Crippen MR) is 119 cm³/mol. The minimum absolute atomic E-state index is 0.103. The zero-order valence-electron chi connectivity index (χ0n) is 19.8. The highest BCUT2D eigenvalue weighted by Gasteiger charge is 2.77. The number of aliphatic hydroxyl groups is 1. The summed E-state index contributed by atoms with van der Waals surface area (Å²) < 4.78 is 11.9. The molecule has 10 heteroatoms. The number of hydrogen-bond donors (Lipinski definition) is 3. The summed E-state index contributed by atoms with van der Waals surface area (Å²) >= 11 is 0. The van der Waals surface area contributed by atoms with E-state index in [1.807, 2.05) is 6.92 Å². The number of unbranched alkanes of at least 4 members (excludes halogenated alkanes) is 2. The van der Waals surface area contributed by atoms with Crippen molar-refractivity contribution in [1.82, 2.24) is 20.4 Å². The molecular formula is C23H38N4O6. The van der Waals surface area contributed by atoms with Crippen LogP contribution >= 0.6 is 0 Å². The zero-order chi connectivity index (χ0) is 23.6. The van der Waals surface area contributed by atoms with Crippen LogP contribution in [-0.2, 0) is 23.9 Å². The van der Waals surface area contributed by atoms with Crippen LogP contribution < -0.4 is 10.6 Å². The molecule has 5 atom stereocenters. The number of ether oxygens (including phenoxy) is 2. The Morgan fingerprint density at radius 1 is 1.12 bits per heavy atom. The fourth-order valence-electron chi connectivity index (χ4n) is 6.35. The number of aliphatic hydroxyl groups excluding tert-OH is 1. The van der Waals surface area contributed by atoms with Gasteiger partial charge >= 0.3 is 0 Å². The normalized spacial score (nSPS) is 35.7. The molecule has 2 bridgehead atoms. The molecule has 3 N–H and O–H groups in total. The van der Waals surface area contributed by atoms with Crippen LogP contribution in [0.4, 0.5) is 0 Å². The maximum atomic E-state index is 13.7. The lowest BCUT2D eigenvalue weighted by molar-refractivity contribution is -0.146. The van der Waals surface area contributed by atoms with Crippen LogP contribution in [0.1, 0.15) is 39.0 Å². The number of fused-ring (bicyclic) bond motifs is 1. The summed E-state index contributed by atoms with van der Waals surface area (Å²) in [7, 11) is 1.58. The number of carbonyl (C=O) groups is 3. The molecular weight excluding hydrogens is 428 g/mol. The highest BCUT2D eigenvalue weighted by atomic mass is 16.5. The monoisotopic (exact) mass is 466 g/mol. The van der Waals surface area contributed by atoms with Crippen LogP contribution in [0.2, 0.25) is 0 Å². The molecule has 0 aromatic rings. The predicted octanol–water partition coefficient (Wildman–Crippen LogP) is -0.892. The minimum Gasteiger partial charge on any atom is -0.396 e. The molecule has 0 saturated carbocycles. The quantitative estimate of drug-likeness (QED) is 0.357. The largest absolute Gasteiger partial charge is 0.396 e. The summed E-state index contributed by atoms with van der Waals surface area (Å²) in [5.74, 6) is -1.82. The van der Waals surface area contributed by atoms with Crippen LogP contribution in [0, 0.1) is 11.8 Å². The van der Waals surface area contributed by atoms with Gasteiger partial charge in [-0.1, -0.05) is 0 Å². The molecule has 0 radical (unpaired) electrons. The maximum absolute atomic E-state index is 13.7. The molecule has 1 spiro atoms. The number of likely N-dealkylation sites (tertiary alicyclic amines) is 1. The number of amides is 3. The van der Waals surface area contributed by atoms with E-state index in [2.05, 4.69) is 15.5 Å². The lowest BCUT2D eigenvalue weighted by Gasteiger charge is -2.34. The van der Waals surface area contributed by atoms with Crippen LogP contribution in [0.15, 0.2) is 0 Å². The van der Waals surface area contributed by atoms with Crippen molar-refractivity contribution in [3.63, 3.8) is 0 Å². The second-order valence-electron chi connectivity index (χ2n) is 9.90. The van der Waals surface area contributed by atoms with E-state index in [0.29, 0.717) is 52.0 Å². The molecule has 4 fully saturated rings. The number of rotatable bonds is 10. The van der Waals surface area contributed by atoms with E-state index < -0.39 is 29.1 Å². The molecule has 3 amide bonds. The van der Waals surface area contributed by atoms with E-state index in [1.165, 1.54) is 0 Å². The van der Waals surface area contributed by atoms with E-state index in [-0.39, 0.29) is 24.3 Å². The molecule has 4 aliphatic heterocycles. The van der Waals surface area contributed by atoms with Crippen molar-refractivity contribution in [2.45, 2.75) is 56.3 Å². The van der Waals surface area contributed by atoms with Gasteiger partial charge in [0.2, 0.25) is 17.7 Å². The van der Waals surface area contributed by atoms with Gasteiger partial charge in [-0.05, 0) is 39.0 Å². The van der Waals surface area contributed by atoms with Gasteiger partial charge in [-0.25, -0.2) is 0 Å². The van der Waals surface area contributed by atoms with Gasteiger partial charge in [-0.3, -0.25) is 19.3 Å². The lowest BCUT2D eigenvalue weighted by atomic mass is 9.66. The second-order valence-corrected chi connectivity index (χ2v) is 9.90. The molecule has 2 unspecified atom stereocenters. The van der Waals surface area contributed by atoms with E-state index in [1.54, 1.807) is 11.9 Å². The van der Waals surface area contributed by atoms with E-state index in [9.17, 15) is 14.4 Å². The summed E-state index contributed by atoms with van der Waals surface area (Å²) in [4.78, 5) is 43.9. The van der Waals surface area contributed by atoms with E-state index >= 15 is 0 Å². The van der Waals surface area contributed by atoms with Crippen LogP contribution in [0.5, 0.6) is 0 Å². The van der Waals surface area contributed by atoms with Crippen molar-refractivity contribution in [2.24, 2.45) is 11.8 Å². The van der Waals surface area contributed by atoms with Gasteiger partial charge in [0.25, 0.3) is 0 Å². The van der Waals surface area contributed by atoms with Gasteiger partial charge in [-0.2, -0.15) is 0 Å². The van der Waals surface area contributed by atoms with Crippen molar-refractivity contribution in [3.05, 3.63) is 0 Å². The minimum atomic E-state index is -0.969. The van der Waals surface area contributed by atoms with Crippen molar-refractivity contribution in [1.29, 1.82) is 0 Å². The van der Waals surface area contributed by atoms with Crippen LogP contribution in [-0.4, -0.2) is 109 Å². The molecule has 10 nitrogen and oxygen atoms in total. The Hall–Kier alpha value is -1.75. The third-order valence-corrected chi connectivity index (χ3v) is 7.94. The fourth-order valence-corrected chi connectivity index (χ4v) is 6.35. The fraction of sp³-hybridized carbons (Fsp3) is 0.870. The first-order valence-corrected chi connectivity index (χ1v) is 12.3. The van der Waals surface area contributed by atoms with Crippen molar-refractivity contribution in [2.75, 3.05) is 59.6 Å². The van der Waals surface area contributed by atoms with Gasteiger partial charge in [0, 0.05) is 46.4 Å².